The summed E-state index contributed by atoms with van der Waals surface area (Å²) in [5.41, 5.74) is 1.01. The Morgan fingerprint density at radius 3 is 2.69 bits per heavy atom. The first kappa shape index (κ1) is 13.5. The highest BCUT2D eigenvalue weighted by molar-refractivity contribution is 6.30. The molecule has 3 heteroatoms. The lowest BCUT2D eigenvalue weighted by atomic mass is 10.0. The predicted octanol–water partition coefficient (Wildman–Crippen LogP) is 3.80. The third kappa shape index (κ3) is 4.11. The van der Waals surface area contributed by atoms with Gasteiger partial charge in [0.05, 0.1) is 5.02 Å². The molecule has 0 aliphatic rings. The highest BCUT2D eigenvalue weighted by atomic mass is 35.5. The van der Waals surface area contributed by atoms with Gasteiger partial charge in [0.15, 0.2) is 0 Å². The fraction of sp³-hybridized carbons (Fsp3) is 0.538. The van der Waals surface area contributed by atoms with Gasteiger partial charge in [-0.15, -0.1) is 0 Å². The minimum Gasteiger partial charge on any atom is -0.317 e. The molecule has 1 aromatic rings. The van der Waals surface area contributed by atoms with E-state index in [1.54, 1.807) is 6.07 Å². The van der Waals surface area contributed by atoms with Crippen molar-refractivity contribution < 1.29 is 4.39 Å². The van der Waals surface area contributed by atoms with Gasteiger partial charge >= 0.3 is 0 Å². The molecule has 0 aromatic heterocycles. The molecule has 0 radical (unpaired) electrons. The smallest absolute Gasteiger partial charge is 0.142 e. The molecule has 1 N–H and O–H groups in total. The van der Waals surface area contributed by atoms with Crippen molar-refractivity contribution in [1.29, 1.82) is 0 Å². The van der Waals surface area contributed by atoms with E-state index in [-0.39, 0.29) is 10.8 Å². The van der Waals surface area contributed by atoms with Gasteiger partial charge in [-0.3, -0.25) is 0 Å². The second kappa shape index (κ2) is 6.87. The summed E-state index contributed by atoms with van der Waals surface area (Å²) in [7, 11) is 1.97. The summed E-state index contributed by atoms with van der Waals surface area (Å²) >= 11 is 5.63. The molecule has 1 atom stereocenters. The molecular formula is C13H19ClFN. The van der Waals surface area contributed by atoms with Crippen LogP contribution in [-0.2, 0) is 6.42 Å². The van der Waals surface area contributed by atoms with Crippen LogP contribution in [0, 0.1) is 5.82 Å². The highest BCUT2D eigenvalue weighted by Crippen LogP contribution is 2.17. The molecule has 1 rings (SSSR count). The van der Waals surface area contributed by atoms with Crippen LogP contribution in [0.5, 0.6) is 0 Å². The average Bonchev–Trinajstić information content (AvgIpc) is 2.28. The fourth-order valence-corrected chi connectivity index (χ4v) is 1.94. The predicted molar refractivity (Wildman–Crippen MR) is 67.5 cm³/mol. The number of hydrogen-bond donors (Lipinski definition) is 1. The molecule has 0 saturated heterocycles. The number of hydrogen-bond acceptors (Lipinski definition) is 1. The minimum atomic E-state index is -0.323. The maximum Gasteiger partial charge on any atom is 0.142 e. The number of halogens is 2. The molecule has 0 bridgehead atoms. The Balaban J connectivity index is 2.50. The molecular weight excluding hydrogens is 225 g/mol. The topological polar surface area (TPSA) is 12.0 Å². The molecule has 0 heterocycles. The number of nitrogens with one attached hydrogen (secondary N) is 1. The van der Waals surface area contributed by atoms with Gasteiger partial charge < -0.3 is 5.32 Å². The first-order valence-electron chi connectivity index (χ1n) is 5.78. The molecule has 0 aliphatic carbocycles. The summed E-state index contributed by atoms with van der Waals surface area (Å²) in [6, 6.07) is 5.56. The Bertz CT molecular complexity index is 328. The van der Waals surface area contributed by atoms with Crippen LogP contribution in [-0.4, -0.2) is 13.1 Å². The van der Waals surface area contributed by atoms with E-state index in [0.717, 1.165) is 24.8 Å². The van der Waals surface area contributed by atoms with Crippen LogP contribution in [0.1, 0.15) is 31.7 Å². The monoisotopic (exact) mass is 243 g/mol. The van der Waals surface area contributed by atoms with Crippen molar-refractivity contribution in [3.05, 3.63) is 34.6 Å². The summed E-state index contributed by atoms with van der Waals surface area (Å²) < 4.78 is 13.2. The van der Waals surface area contributed by atoms with E-state index in [0.29, 0.717) is 6.04 Å². The highest BCUT2D eigenvalue weighted by Gasteiger charge is 2.06. The SMILES string of the molecule is CCCC(CCc1ccc(Cl)c(F)c1)NC. The van der Waals surface area contributed by atoms with Gasteiger partial charge in [0, 0.05) is 6.04 Å². The second-order valence-electron chi connectivity index (χ2n) is 4.06. The standard InChI is InChI=1S/C13H19ClFN/c1-3-4-11(16-2)7-5-10-6-8-12(14)13(15)9-10/h6,8-9,11,16H,3-5,7H2,1-2H3. The summed E-state index contributed by atoms with van der Waals surface area (Å²) in [5.74, 6) is -0.323. The fourth-order valence-electron chi connectivity index (χ4n) is 1.82. The van der Waals surface area contributed by atoms with Crippen molar-refractivity contribution in [2.45, 2.75) is 38.6 Å². The third-order valence-electron chi connectivity index (χ3n) is 2.81. The Hall–Kier alpha value is -0.600. The van der Waals surface area contributed by atoms with Gasteiger partial charge in [-0.2, -0.15) is 0 Å². The quantitative estimate of drug-likeness (QED) is 0.802. The van der Waals surface area contributed by atoms with Gasteiger partial charge in [-0.1, -0.05) is 31.0 Å². The molecule has 0 aliphatic heterocycles. The van der Waals surface area contributed by atoms with E-state index in [4.69, 9.17) is 11.6 Å². The maximum atomic E-state index is 13.2. The zero-order valence-electron chi connectivity index (χ0n) is 9.89. The normalized spacial score (nSPS) is 12.8. The molecule has 0 spiro atoms. The lowest BCUT2D eigenvalue weighted by Gasteiger charge is -2.14. The van der Waals surface area contributed by atoms with E-state index in [2.05, 4.69) is 12.2 Å². The molecule has 16 heavy (non-hydrogen) atoms. The van der Waals surface area contributed by atoms with Gasteiger partial charge in [0.2, 0.25) is 0 Å². The number of rotatable bonds is 6. The van der Waals surface area contributed by atoms with Crippen molar-refractivity contribution in [3.8, 4) is 0 Å². The van der Waals surface area contributed by atoms with Crippen molar-refractivity contribution in [1.82, 2.24) is 5.32 Å². The van der Waals surface area contributed by atoms with Gasteiger partial charge in [0.1, 0.15) is 5.82 Å². The van der Waals surface area contributed by atoms with Crippen LogP contribution in [0.2, 0.25) is 5.02 Å². The Morgan fingerprint density at radius 2 is 2.12 bits per heavy atom. The van der Waals surface area contributed by atoms with E-state index in [1.807, 2.05) is 13.1 Å². The van der Waals surface area contributed by atoms with E-state index in [9.17, 15) is 4.39 Å². The Kier molecular flexibility index (Phi) is 5.78. The lowest BCUT2D eigenvalue weighted by Crippen LogP contribution is -2.25. The lowest BCUT2D eigenvalue weighted by molar-refractivity contribution is 0.483. The molecule has 0 amide bonds. The largest absolute Gasteiger partial charge is 0.317 e. The van der Waals surface area contributed by atoms with Crippen LogP contribution in [0.15, 0.2) is 18.2 Å². The van der Waals surface area contributed by atoms with E-state index in [1.165, 1.54) is 12.5 Å². The molecule has 0 saturated carbocycles. The average molecular weight is 244 g/mol. The summed E-state index contributed by atoms with van der Waals surface area (Å²) in [4.78, 5) is 0. The van der Waals surface area contributed by atoms with Crippen molar-refractivity contribution >= 4 is 11.6 Å². The second-order valence-corrected chi connectivity index (χ2v) is 4.47. The summed E-state index contributed by atoms with van der Waals surface area (Å²) in [6.45, 7) is 2.17. The molecule has 1 aromatic carbocycles. The first-order chi connectivity index (χ1) is 7.67. The van der Waals surface area contributed by atoms with E-state index >= 15 is 0 Å². The zero-order valence-corrected chi connectivity index (χ0v) is 10.6. The van der Waals surface area contributed by atoms with Crippen molar-refractivity contribution in [2.24, 2.45) is 0 Å². The minimum absolute atomic E-state index is 0.197. The van der Waals surface area contributed by atoms with Crippen molar-refractivity contribution in [3.63, 3.8) is 0 Å². The van der Waals surface area contributed by atoms with Gasteiger partial charge in [0.25, 0.3) is 0 Å². The number of aryl methyl sites for hydroxylation is 1. The Morgan fingerprint density at radius 1 is 1.38 bits per heavy atom. The molecule has 1 nitrogen and oxygen atoms in total. The van der Waals surface area contributed by atoms with Crippen LogP contribution in [0.4, 0.5) is 4.39 Å². The van der Waals surface area contributed by atoms with Gasteiger partial charge in [-0.05, 0) is 44.0 Å². The molecule has 0 fully saturated rings. The van der Waals surface area contributed by atoms with Crippen LogP contribution < -0.4 is 5.32 Å². The van der Waals surface area contributed by atoms with Crippen LogP contribution >= 0.6 is 11.6 Å². The van der Waals surface area contributed by atoms with Crippen LogP contribution in [0.3, 0.4) is 0 Å². The molecule has 90 valence electrons. The summed E-state index contributed by atoms with van der Waals surface area (Å²) in [5, 5.41) is 3.48. The van der Waals surface area contributed by atoms with Crippen LogP contribution in [0.25, 0.3) is 0 Å². The Labute approximate surface area is 102 Å². The van der Waals surface area contributed by atoms with Gasteiger partial charge in [-0.25, -0.2) is 4.39 Å². The third-order valence-corrected chi connectivity index (χ3v) is 3.12. The maximum absolute atomic E-state index is 13.2. The first-order valence-corrected chi connectivity index (χ1v) is 6.16. The summed E-state index contributed by atoms with van der Waals surface area (Å²) in [6.07, 6.45) is 4.25. The zero-order chi connectivity index (χ0) is 12.0. The van der Waals surface area contributed by atoms with Crippen molar-refractivity contribution in [2.75, 3.05) is 7.05 Å². The number of benzene rings is 1. The van der Waals surface area contributed by atoms with E-state index < -0.39 is 0 Å². The molecule has 1 unspecified atom stereocenters.